The van der Waals surface area contributed by atoms with Crippen LogP contribution in [0.25, 0.3) is 0 Å². The molecular formula is C8H14N6O2. The van der Waals surface area contributed by atoms with Gasteiger partial charge in [0.1, 0.15) is 12.4 Å². The van der Waals surface area contributed by atoms with Crippen molar-refractivity contribution in [3.63, 3.8) is 0 Å². The molecule has 0 aliphatic heterocycles. The molecule has 0 aliphatic carbocycles. The maximum Gasteiger partial charge on any atom is 0.306 e. The van der Waals surface area contributed by atoms with Gasteiger partial charge >= 0.3 is 5.69 Å². The first-order chi connectivity index (χ1) is 7.67. The normalized spacial score (nSPS) is 11.2. The Labute approximate surface area is 92.5 Å². The van der Waals surface area contributed by atoms with E-state index in [1.54, 1.807) is 14.1 Å². The van der Waals surface area contributed by atoms with Crippen molar-refractivity contribution in [3.05, 3.63) is 22.5 Å². The fraction of sp³-hybridized carbons (Fsp3) is 0.500. The Balaban J connectivity index is 2.40. The second-order valence-corrected chi connectivity index (χ2v) is 2.97. The van der Waals surface area contributed by atoms with Gasteiger partial charge in [-0.1, -0.05) is 0 Å². The first kappa shape index (κ1) is 12.0. The first-order valence-electron chi connectivity index (χ1n) is 4.72. The van der Waals surface area contributed by atoms with Crippen molar-refractivity contribution in [2.75, 3.05) is 20.6 Å². The minimum atomic E-state index is -0.469. The molecule has 0 fully saturated rings. The van der Waals surface area contributed by atoms with Crippen molar-refractivity contribution in [2.24, 2.45) is 4.99 Å². The summed E-state index contributed by atoms with van der Waals surface area (Å²) < 4.78 is 1.51. The van der Waals surface area contributed by atoms with E-state index in [1.165, 1.54) is 17.1 Å². The molecular weight excluding hydrogens is 212 g/mol. The molecule has 8 nitrogen and oxygen atoms in total. The highest BCUT2D eigenvalue weighted by molar-refractivity contribution is 5.79. The van der Waals surface area contributed by atoms with E-state index in [9.17, 15) is 10.1 Å². The number of nitro groups is 1. The monoisotopic (exact) mass is 226 g/mol. The molecule has 1 rings (SSSR count). The first-order valence-corrected chi connectivity index (χ1v) is 4.72. The van der Waals surface area contributed by atoms with Crippen LogP contribution in [-0.2, 0) is 6.54 Å². The van der Waals surface area contributed by atoms with E-state index >= 15 is 0 Å². The highest BCUT2D eigenvalue weighted by Crippen LogP contribution is 2.06. The van der Waals surface area contributed by atoms with Gasteiger partial charge in [0.05, 0.1) is 11.5 Å². The number of rotatable bonds is 4. The zero-order chi connectivity index (χ0) is 12.0. The van der Waals surface area contributed by atoms with Crippen LogP contribution in [0.1, 0.15) is 0 Å². The molecule has 2 N–H and O–H groups in total. The standard InChI is InChI=1S/C8H14N6O2/c1-9-8(10-2)11-3-4-13-6-7(5-12-13)14(15)16/h5-6H,3-4H2,1-2H3,(H2,9,10,11). The lowest BCUT2D eigenvalue weighted by Gasteiger charge is -2.07. The second kappa shape index (κ2) is 5.69. The average molecular weight is 226 g/mol. The van der Waals surface area contributed by atoms with Crippen LogP contribution in [0.5, 0.6) is 0 Å². The molecule has 0 atom stereocenters. The molecule has 8 heteroatoms. The summed E-state index contributed by atoms with van der Waals surface area (Å²) in [6.07, 6.45) is 2.62. The predicted molar refractivity (Wildman–Crippen MR) is 59.3 cm³/mol. The van der Waals surface area contributed by atoms with E-state index in [4.69, 9.17) is 0 Å². The van der Waals surface area contributed by atoms with Crippen molar-refractivity contribution in [2.45, 2.75) is 6.54 Å². The quantitative estimate of drug-likeness (QED) is 0.315. The van der Waals surface area contributed by atoms with Gasteiger partial charge in [-0.3, -0.25) is 19.8 Å². The van der Waals surface area contributed by atoms with E-state index in [1.807, 2.05) is 0 Å². The molecule has 16 heavy (non-hydrogen) atoms. The molecule has 1 aromatic rings. The highest BCUT2D eigenvalue weighted by Gasteiger charge is 2.07. The number of guanidine groups is 1. The van der Waals surface area contributed by atoms with E-state index in [-0.39, 0.29) is 5.69 Å². The zero-order valence-corrected chi connectivity index (χ0v) is 9.17. The van der Waals surface area contributed by atoms with Crippen molar-refractivity contribution >= 4 is 11.6 Å². The number of hydrogen-bond acceptors (Lipinski definition) is 4. The van der Waals surface area contributed by atoms with Crippen molar-refractivity contribution < 1.29 is 4.92 Å². The van der Waals surface area contributed by atoms with Gasteiger partial charge in [0.15, 0.2) is 5.96 Å². The SMILES string of the molecule is CN=C(NC)NCCn1cc([N+](=O)[O-])cn1. The lowest BCUT2D eigenvalue weighted by Crippen LogP contribution is -2.36. The number of aliphatic imine (C=N–C) groups is 1. The lowest BCUT2D eigenvalue weighted by atomic mass is 10.6. The maximum absolute atomic E-state index is 10.4. The van der Waals surface area contributed by atoms with Crippen LogP contribution >= 0.6 is 0 Å². The van der Waals surface area contributed by atoms with Gasteiger partial charge in [0.25, 0.3) is 0 Å². The maximum atomic E-state index is 10.4. The Kier molecular flexibility index (Phi) is 4.25. The third kappa shape index (κ3) is 3.23. The van der Waals surface area contributed by atoms with Gasteiger partial charge in [-0.25, -0.2) is 0 Å². The largest absolute Gasteiger partial charge is 0.359 e. The van der Waals surface area contributed by atoms with E-state index in [0.717, 1.165) is 0 Å². The summed E-state index contributed by atoms with van der Waals surface area (Å²) in [5, 5.41) is 20.1. The molecule has 0 saturated heterocycles. The number of nitrogens with zero attached hydrogens (tertiary/aromatic N) is 4. The molecule has 0 aromatic carbocycles. The van der Waals surface area contributed by atoms with Gasteiger partial charge in [0, 0.05) is 20.6 Å². The van der Waals surface area contributed by atoms with Crippen molar-refractivity contribution in [1.29, 1.82) is 0 Å². The molecule has 88 valence electrons. The van der Waals surface area contributed by atoms with Gasteiger partial charge in [0.2, 0.25) is 0 Å². The van der Waals surface area contributed by atoms with E-state index in [0.29, 0.717) is 19.0 Å². The number of hydrogen-bond donors (Lipinski definition) is 2. The Morgan fingerprint density at radius 3 is 3.00 bits per heavy atom. The molecule has 0 aliphatic rings. The summed E-state index contributed by atoms with van der Waals surface area (Å²) in [6.45, 7) is 1.13. The Bertz CT molecular complexity index is 386. The molecule has 1 heterocycles. The van der Waals surface area contributed by atoms with Gasteiger partial charge in [-0.05, 0) is 0 Å². The average Bonchev–Trinajstić information content (AvgIpc) is 2.73. The van der Waals surface area contributed by atoms with Crippen LogP contribution in [-0.4, -0.2) is 41.3 Å². The van der Waals surface area contributed by atoms with Crippen LogP contribution in [0.2, 0.25) is 0 Å². The molecule has 0 radical (unpaired) electrons. The predicted octanol–water partition coefficient (Wildman–Crippen LogP) is -0.414. The number of nitrogens with one attached hydrogen (secondary N) is 2. The zero-order valence-electron chi connectivity index (χ0n) is 9.17. The topological polar surface area (TPSA) is 97.4 Å². The number of aromatic nitrogens is 2. The summed E-state index contributed by atoms with van der Waals surface area (Å²) in [5.41, 5.74) is -0.00185. The van der Waals surface area contributed by atoms with Gasteiger partial charge in [-0.15, -0.1) is 0 Å². The summed E-state index contributed by atoms with van der Waals surface area (Å²) in [5.74, 6) is 0.668. The van der Waals surface area contributed by atoms with Gasteiger partial charge in [-0.2, -0.15) is 5.10 Å². The minimum absolute atomic E-state index is 0.00185. The smallest absolute Gasteiger partial charge is 0.306 e. The fourth-order valence-corrected chi connectivity index (χ4v) is 1.14. The van der Waals surface area contributed by atoms with Crippen LogP contribution < -0.4 is 10.6 Å². The summed E-state index contributed by atoms with van der Waals surface area (Å²) in [6, 6.07) is 0. The third-order valence-electron chi connectivity index (χ3n) is 1.92. The summed E-state index contributed by atoms with van der Waals surface area (Å²) in [4.78, 5) is 13.9. The Morgan fingerprint density at radius 2 is 2.50 bits per heavy atom. The van der Waals surface area contributed by atoms with Crippen LogP contribution in [0.3, 0.4) is 0 Å². The Morgan fingerprint density at radius 1 is 1.75 bits per heavy atom. The van der Waals surface area contributed by atoms with Crippen molar-refractivity contribution in [1.82, 2.24) is 20.4 Å². The van der Waals surface area contributed by atoms with Crippen molar-refractivity contribution in [3.8, 4) is 0 Å². The van der Waals surface area contributed by atoms with E-state index in [2.05, 4.69) is 20.7 Å². The lowest BCUT2D eigenvalue weighted by molar-refractivity contribution is -0.385. The molecule has 0 spiro atoms. The van der Waals surface area contributed by atoms with E-state index < -0.39 is 4.92 Å². The van der Waals surface area contributed by atoms with Gasteiger partial charge < -0.3 is 10.6 Å². The summed E-state index contributed by atoms with van der Waals surface area (Å²) in [7, 11) is 3.42. The molecule has 0 unspecified atom stereocenters. The molecule has 1 aromatic heterocycles. The van der Waals surface area contributed by atoms with Crippen LogP contribution in [0, 0.1) is 10.1 Å². The third-order valence-corrected chi connectivity index (χ3v) is 1.92. The Hall–Kier alpha value is -2.12. The van der Waals surface area contributed by atoms with Crippen LogP contribution in [0.4, 0.5) is 5.69 Å². The van der Waals surface area contributed by atoms with Crippen LogP contribution in [0.15, 0.2) is 17.4 Å². The summed E-state index contributed by atoms with van der Waals surface area (Å²) >= 11 is 0. The molecule has 0 amide bonds. The highest BCUT2D eigenvalue weighted by atomic mass is 16.6. The minimum Gasteiger partial charge on any atom is -0.359 e. The molecule has 0 bridgehead atoms. The second-order valence-electron chi connectivity index (χ2n) is 2.97. The molecule has 0 saturated carbocycles. The fourth-order valence-electron chi connectivity index (χ4n) is 1.14.